The molecule has 0 aliphatic carbocycles. The molecule has 0 aliphatic heterocycles. The second-order valence-corrected chi connectivity index (χ2v) is 17.1. The van der Waals surface area contributed by atoms with E-state index in [1.807, 2.05) is 87.2 Å². The monoisotopic (exact) mass is 776 g/mol. The zero-order chi connectivity index (χ0) is 37.4. The number of carbonyl (C=O) groups is 3. The molecular weight excluding hydrogens is 728 g/mol. The molecule has 0 radical (unpaired) electrons. The van der Waals surface area contributed by atoms with Gasteiger partial charge in [-0.2, -0.15) is 11.8 Å². The largest absolute Gasteiger partial charge is 0.453 e. The summed E-state index contributed by atoms with van der Waals surface area (Å²) in [4.78, 5) is 42.3. The number of benzene rings is 3. The first-order valence-electron chi connectivity index (χ1n) is 16.6. The molecule has 0 bridgehead atoms. The Morgan fingerprint density at radius 3 is 1.78 bits per heavy atom. The van der Waals surface area contributed by atoms with Crippen molar-refractivity contribution in [2.45, 2.75) is 74.9 Å². The Morgan fingerprint density at radius 2 is 1.31 bits per heavy atom. The number of thioether (sulfide) groups is 3. The van der Waals surface area contributed by atoms with E-state index in [0.29, 0.717) is 17.3 Å². The van der Waals surface area contributed by atoms with Crippen LogP contribution < -0.4 is 19.7 Å². The highest BCUT2D eigenvalue weighted by molar-refractivity contribution is 7.99. The van der Waals surface area contributed by atoms with Gasteiger partial charge in [-0.15, -0.1) is 23.5 Å². The Morgan fingerprint density at radius 1 is 0.765 bits per heavy atom. The summed E-state index contributed by atoms with van der Waals surface area (Å²) in [7, 11) is -4.19. The van der Waals surface area contributed by atoms with Crippen molar-refractivity contribution < 1.29 is 37.5 Å². The van der Waals surface area contributed by atoms with Crippen LogP contribution in [0.5, 0.6) is 11.5 Å². The Kier molecular flexibility index (Phi) is 17.6. The van der Waals surface area contributed by atoms with Crippen LogP contribution in [0.1, 0.15) is 46.1 Å². The van der Waals surface area contributed by atoms with Crippen molar-refractivity contribution in [3.63, 3.8) is 0 Å². The van der Waals surface area contributed by atoms with Crippen LogP contribution in [0.3, 0.4) is 0 Å². The Bertz CT molecular complexity index is 1520. The average molecular weight is 777 g/mol. The highest BCUT2D eigenvalue weighted by Gasteiger charge is 2.44. The zero-order valence-corrected chi connectivity index (χ0v) is 33.5. The maximum absolute atomic E-state index is 14.9. The minimum absolute atomic E-state index is 0.0273. The number of ether oxygens (including phenoxy) is 2. The van der Waals surface area contributed by atoms with E-state index in [-0.39, 0.29) is 25.4 Å². The van der Waals surface area contributed by atoms with Gasteiger partial charge in [0.25, 0.3) is 5.91 Å². The van der Waals surface area contributed by atoms with Crippen molar-refractivity contribution in [2.75, 3.05) is 24.5 Å². The summed E-state index contributed by atoms with van der Waals surface area (Å²) in [5, 5.41) is 5.47. The van der Waals surface area contributed by atoms with Gasteiger partial charge in [-0.1, -0.05) is 58.0 Å². The fourth-order valence-corrected chi connectivity index (χ4v) is 8.20. The lowest BCUT2D eigenvalue weighted by molar-refractivity contribution is -0.159. The second-order valence-electron chi connectivity index (χ2n) is 12.4. The van der Waals surface area contributed by atoms with E-state index in [0.717, 1.165) is 15.4 Å². The maximum Gasteiger partial charge on any atom is 0.453 e. The van der Waals surface area contributed by atoms with Crippen LogP contribution in [-0.4, -0.2) is 60.4 Å². The molecule has 0 saturated carbocycles. The third kappa shape index (κ3) is 14.0. The molecule has 3 aromatic carbocycles. The van der Waals surface area contributed by atoms with Crippen LogP contribution in [0.4, 0.5) is 4.79 Å². The van der Waals surface area contributed by atoms with Crippen molar-refractivity contribution in [2.24, 2.45) is 11.8 Å². The summed E-state index contributed by atoms with van der Waals surface area (Å²) in [6, 6.07) is 22.3. The van der Waals surface area contributed by atoms with Gasteiger partial charge in [-0.05, 0) is 103 Å². The molecule has 3 rings (SSSR count). The van der Waals surface area contributed by atoms with E-state index in [1.54, 1.807) is 61.6 Å². The number of nitrogens with one attached hydrogen (secondary N) is 2. The van der Waals surface area contributed by atoms with Crippen LogP contribution in [-0.2, 0) is 30.2 Å². The highest BCUT2D eigenvalue weighted by atomic mass is 32.2. The van der Waals surface area contributed by atoms with E-state index in [2.05, 4.69) is 10.6 Å². The summed E-state index contributed by atoms with van der Waals surface area (Å²) in [5.74, 6) is -1.88. The predicted molar refractivity (Wildman–Crippen MR) is 208 cm³/mol. The number of amides is 2. The zero-order valence-electron chi connectivity index (χ0n) is 30.2. The average Bonchev–Trinajstić information content (AvgIpc) is 3.11. The molecule has 14 heteroatoms. The molecule has 51 heavy (non-hydrogen) atoms. The van der Waals surface area contributed by atoms with Gasteiger partial charge in [-0.3, -0.25) is 4.79 Å². The number of carbonyl (C=O) groups excluding carboxylic acids is 3. The van der Waals surface area contributed by atoms with E-state index < -0.39 is 49.4 Å². The SMILES string of the molecule is CSCC[C@H](NC(=O)OCc1ccccc1)C(=O)O[C@@H](CC(C)C)C(=O)N[C@H](C(C)C)P(=O)(Oc1ccc(SC)cc1)Oc1ccc(SC)cc1. The van der Waals surface area contributed by atoms with Gasteiger partial charge in [0.15, 0.2) is 11.9 Å². The van der Waals surface area contributed by atoms with Gasteiger partial charge in [0.2, 0.25) is 0 Å². The molecule has 0 heterocycles. The Labute approximate surface area is 314 Å². The van der Waals surface area contributed by atoms with Crippen LogP contribution in [0, 0.1) is 11.8 Å². The minimum Gasteiger partial charge on any atom is -0.451 e. The molecule has 278 valence electrons. The molecule has 0 aliphatic rings. The van der Waals surface area contributed by atoms with Gasteiger partial charge >= 0.3 is 19.7 Å². The van der Waals surface area contributed by atoms with E-state index in [1.165, 1.54) is 11.8 Å². The van der Waals surface area contributed by atoms with Crippen LogP contribution in [0.25, 0.3) is 0 Å². The third-order valence-corrected chi connectivity index (χ3v) is 12.0. The smallest absolute Gasteiger partial charge is 0.451 e. The quantitative estimate of drug-likeness (QED) is 0.0649. The molecule has 0 saturated heterocycles. The first-order valence-corrected chi connectivity index (χ1v) is 22.1. The van der Waals surface area contributed by atoms with Crippen molar-refractivity contribution >= 4 is 60.9 Å². The van der Waals surface area contributed by atoms with E-state index in [4.69, 9.17) is 18.5 Å². The fraction of sp³-hybridized carbons (Fsp3) is 0.432. The summed E-state index contributed by atoms with van der Waals surface area (Å²) in [6.07, 6.45) is 4.18. The van der Waals surface area contributed by atoms with Crippen molar-refractivity contribution in [1.29, 1.82) is 0 Å². The lowest BCUT2D eigenvalue weighted by Gasteiger charge is -2.32. The first-order chi connectivity index (χ1) is 24.4. The van der Waals surface area contributed by atoms with Crippen molar-refractivity contribution in [3.05, 3.63) is 84.4 Å². The van der Waals surface area contributed by atoms with Gasteiger partial charge in [-0.25, -0.2) is 14.2 Å². The molecule has 2 N–H and O–H groups in total. The molecule has 0 fully saturated rings. The summed E-state index contributed by atoms with van der Waals surface area (Å²) >= 11 is 4.61. The number of hydrogen-bond acceptors (Lipinski definition) is 11. The van der Waals surface area contributed by atoms with Gasteiger partial charge < -0.3 is 29.2 Å². The van der Waals surface area contributed by atoms with Crippen LogP contribution in [0.15, 0.2) is 88.7 Å². The molecule has 0 aromatic heterocycles. The van der Waals surface area contributed by atoms with Crippen molar-refractivity contribution in [1.82, 2.24) is 10.6 Å². The summed E-state index contributed by atoms with van der Waals surface area (Å²) in [6.45, 7) is 7.41. The first kappa shape index (κ1) is 42.2. The Balaban J connectivity index is 1.85. The third-order valence-electron chi connectivity index (χ3n) is 7.48. The Hall–Kier alpha value is -3.25. The van der Waals surface area contributed by atoms with Crippen molar-refractivity contribution in [3.8, 4) is 11.5 Å². The lowest BCUT2D eigenvalue weighted by atomic mass is 10.0. The standard InChI is InChI=1S/C37H49N2O8PS3/c1-25(2)23-33(45-36(41)32(21-22-49-5)38-37(42)44-24-27-11-9-8-10-12-27)34(40)39-35(26(3)4)48(43,46-28-13-17-30(50-6)18-14-28)47-29-15-19-31(51-7)20-16-29/h8-20,25-26,32-33,35H,21-24H2,1-7H3,(H,38,42)(H,39,40)/t32-,33-,35-/m0/s1. The fourth-order valence-electron chi connectivity index (χ4n) is 4.80. The minimum atomic E-state index is -4.19. The number of hydrogen-bond donors (Lipinski definition) is 2. The molecule has 10 nitrogen and oxygen atoms in total. The topological polar surface area (TPSA) is 129 Å². The molecular formula is C37H49N2O8PS3. The second kappa shape index (κ2) is 21.3. The molecule has 3 atom stereocenters. The molecule has 0 spiro atoms. The molecule has 3 aromatic rings. The number of esters is 1. The van der Waals surface area contributed by atoms with Crippen LogP contribution >= 0.6 is 42.9 Å². The van der Waals surface area contributed by atoms with Gasteiger partial charge in [0.05, 0.1) is 0 Å². The van der Waals surface area contributed by atoms with Gasteiger partial charge in [0, 0.05) is 9.79 Å². The van der Waals surface area contributed by atoms with Crippen LogP contribution in [0.2, 0.25) is 0 Å². The maximum atomic E-state index is 14.9. The van der Waals surface area contributed by atoms with Gasteiger partial charge in [0.1, 0.15) is 24.1 Å². The van der Waals surface area contributed by atoms with E-state index >= 15 is 0 Å². The molecule has 0 unspecified atom stereocenters. The number of rotatable bonds is 20. The normalized spacial score (nSPS) is 13.2. The predicted octanol–water partition coefficient (Wildman–Crippen LogP) is 8.89. The van der Waals surface area contributed by atoms with E-state index in [9.17, 15) is 18.9 Å². The number of alkyl carbamates (subject to hydrolysis) is 1. The lowest BCUT2D eigenvalue weighted by Crippen LogP contribution is -2.49. The molecule has 2 amide bonds. The highest BCUT2D eigenvalue weighted by Crippen LogP contribution is 2.54. The summed E-state index contributed by atoms with van der Waals surface area (Å²) < 4.78 is 38.3. The summed E-state index contributed by atoms with van der Waals surface area (Å²) in [5.41, 5.74) is 0.795.